The Bertz CT molecular complexity index is 2570. The highest BCUT2D eigenvalue weighted by Crippen LogP contribution is 2.52. The molecule has 2 aromatic carbocycles. The number of nitro benzene ring substituents is 1. The predicted molar refractivity (Wildman–Crippen MR) is 227 cm³/mol. The van der Waals surface area contributed by atoms with Crippen molar-refractivity contribution in [2.45, 2.75) is 89.1 Å². The highest BCUT2D eigenvalue weighted by Gasteiger charge is 2.35. The van der Waals surface area contributed by atoms with Crippen LogP contribution in [0.3, 0.4) is 0 Å². The van der Waals surface area contributed by atoms with Crippen molar-refractivity contribution >= 4 is 66.4 Å². The van der Waals surface area contributed by atoms with Crippen molar-refractivity contribution in [2.24, 2.45) is 0 Å². The van der Waals surface area contributed by atoms with Crippen LogP contribution in [-0.4, -0.2) is 53.4 Å². The molecule has 58 heavy (non-hydrogen) atoms. The van der Waals surface area contributed by atoms with Crippen LogP contribution in [0.2, 0.25) is 0 Å². The number of nitro groups is 1. The van der Waals surface area contributed by atoms with Gasteiger partial charge in [-0.1, -0.05) is 50.7 Å². The van der Waals surface area contributed by atoms with Crippen molar-refractivity contribution in [1.29, 1.82) is 0 Å². The monoisotopic (exact) mass is 822 g/mol. The first-order valence-electron chi connectivity index (χ1n) is 20.2. The van der Waals surface area contributed by atoms with Gasteiger partial charge >= 0.3 is 17.6 Å². The number of ether oxygens (including phenoxy) is 4. The molecule has 4 aliphatic rings. The Morgan fingerprint density at radius 2 is 1.19 bits per heavy atom. The van der Waals surface area contributed by atoms with Crippen molar-refractivity contribution in [3.63, 3.8) is 0 Å². The second-order valence-corrected chi connectivity index (χ2v) is 17.6. The number of hydrogen-bond donors (Lipinski definition) is 1. The van der Waals surface area contributed by atoms with Crippen LogP contribution in [0.1, 0.15) is 107 Å². The number of nitrogens with two attached hydrogens (primary N) is 1. The maximum atomic E-state index is 12.2. The molecule has 2 aliphatic heterocycles. The summed E-state index contributed by atoms with van der Waals surface area (Å²) in [4.78, 5) is 36.9. The summed E-state index contributed by atoms with van der Waals surface area (Å²) in [6.45, 7) is 2.21. The molecule has 0 unspecified atom stereocenters. The third-order valence-corrected chi connectivity index (χ3v) is 14.5. The fourth-order valence-electron chi connectivity index (χ4n) is 9.67. The second-order valence-electron chi connectivity index (χ2n) is 15.5. The van der Waals surface area contributed by atoms with Gasteiger partial charge in [-0.25, -0.2) is 9.59 Å². The number of esters is 2. The molecule has 6 heterocycles. The summed E-state index contributed by atoms with van der Waals surface area (Å²) < 4.78 is 28.7. The third kappa shape index (κ3) is 6.50. The zero-order valence-corrected chi connectivity index (χ0v) is 34.3. The number of aromatic nitrogens is 2. The first-order chi connectivity index (χ1) is 28.3. The Morgan fingerprint density at radius 3 is 1.67 bits per heavy atom. The number of carbonyl (C=O) groups excluding carboxylic acids is 2. The standard InChI is InChI=1S/C22H22N2O5S.C22H24N2O3S/c1-28-22(25)17-12-16-21(30-17)18(13-6-3-2-4-7-13)19-14-8-5-9-15(24(26)27)20(14)29-11-10-23(16)19;1-26-22(25)17-12-16-21(28-17)18(13-6-3-2-4-7-13)19-14-8-5-9-15(23)20(14)27-11-10-24(16)19/h5,8-9,12-13H,2-4,6-7,10-11H2,1H3;5,8-9,12-13H,2-4,6-7,10-11,23H2,1H3. The molecule has 302 valence electrons. The molecule has 2 saturated carbocycles. The molecule has 0 saturated heterocycles. The summed E-state index contributed by atoms with van der Waals surface area (Å²) in [5.74, 6) is 1.41. The molecule has 14 heteroatoms. The Kier molecular flexibility index (Phi) is 10.4. The van der Waals surface area contributed by atoms with Crippen LogP contribution in [0, 0.1) is 10.1 Å². The lowest BCUT2D eigenvalue weighted by atomic mass is 9.83. The van der Waals surface area contributed by atoms with Crippen LogP contribution < -0.4 is 15.2 Å². The van der Waals surface area contributed by atoms with Gasteiger partial charge < -0.3 is 33.8 Å². The van der Waals surface area contributed by atoms with Crippen molar-refractivity contribution in [3.05, 3.63) is 79.5 Å². The highest BCUT2D eigenvalue weighted by molar-refractivity contribution is 7.21. The summed E-state index contributed by atoms with van der Waals surface area (Å²) >= 11 is 3.03. The molecular weight excluding hydrogens is 777 g/mol. The number of nitrogens with zero attached hydrogens (tertiary/aromatic N) is 3. The number of fused-ring (bicyclic) bond motifs is 10. The van der Waals surface area contributed by atoms with Gasteiger partial charge in [0.05, 0.1) is 69.7 Å². The Hall–Kier alpha value is -5.34. The average Bonchev–Trinajstić information content (AvgIpc) is 3.95. The number of nitrogen functional groups attached to an aromatic ring is 1. The quantitative estimate of drug-likeness (QED) is 0.0775. The number of thiophene rings is 2. The molecule has 6 aromatic rings. The minimum atomic E-state index is -0.380. The second kappa shape index (κ2) is 15.8. The molecule has 0 spiro atoms. The predicted octanol–water partition coefficient (Wildman–Crippen LogP) is 10.7. The van der Waals surface area contributed by atoms with E-state index in [9.17, 15) is 19.7 Å². The Morgan fingerprint density at radius 1 is 0.724 bits per heavy atom. The zero-order valence-electron chi connectivity index (χ0n) is 32.7. The van der Waals surface area contributed by atoms with Crippen molar-refractivity contribution < 1.29 is 33.5 Å². The Labute approximate surface area is 343 Å². The minimum Gasteiger partial charge on any atom is -0.489 e. The van der Waals surface area contributed by atoms with Crippen LogP contribution >= 0.6 is 22.7 Å². The zero-order chi connectivity index (χ0) is 40.1. The normalized spacial score (nSPS) is 16.7. The van der Waals surface area contributed by atoms with E-state index in [-0.39, 0.29) is 22.5 Å². The first kappa shape index (κ1) is 38.2. The van der Waals surface area contributed by atoms with E-state index in [0.29, 0.717) is 52.8 Å². The molecule has 10 rings (SSSR count). The summed E-state index contributed by atoms with van der Waals surface area (Å²) in [6.07, 6.45) is 11.9. The van der Waals surface area contributed by atoms with Crippen LogP contribution in [0.5, 0.6) is 11.5 Å². The van der Waals surface area contributed by atoms with Crippen molar-refractivity contribution in [3.8, 4) is 34.0 Å². The fraction of sp³-hybridized carbons (Fsp3) is 0.409. The summed E-state index contributed by atoms with van der Waals surface area (Å²) in [5, 5.41) is 11.6. The summed E-state index contributed by atoms with van der Waals surface area (Å²) in [5.41, 5.74) is 15.7. The van der Waals surface area contributed by atoms with E-state index >= 15 is 0 Å². The summed E-state index contributed by atoms with van der Waals surface area (Å²) in [7, 11) is 2.83. The molecule has 2 aliphatic carbocycles. The molecule has 0 atom stereocenters. The van der Waals surface area contributed by atoms with Gasteiger partial charge in [0.2, 0.25) is 5.75 Å². The Balaban J connectivity index is 0.000000151. The first-order valence-corrected chi connectivity index (χ1v) is 21.8. The van der Waals surface area contributed by atoms with Crippen LogP contribution in [-0.2, 0) is 22.6 Å². The third-order valence-electron chi connectivity index (χ3n) is 12.2. The molecular formula is C44H46N4O8S2. The van der Waals surface area contributed by atoms with Crippen molar-refractivity contribution in [2.75, 3.05) is 33.2 Å². The van der Waals surface area contributed by atoms with Crippen LogP contribution in [0.4, 0.5) is 11.4 Å². The molecule has 12 nitrogen and oxygen atoms in total. The minimum absolute atomic E-state index is 0.00431. The fourth-order valence-corrected chi connectivity index (χ4v) is 12.1. The van der Waals surface area contributed by atoms with Gasteiger partial charge in [0.25, 0.3) is 0 Å². The number of anilines is 1. The highest BCUT2D eigenvalue weighted by atomic mass is 32.1. The topological polar surface area (TPSA) is 150 Å². The smallest absolute Gasteiger partial charge is 0.348 e. The number of benzene rings is 2. The van der Waals surface area contributed by atoms with Gasteiger partial charge in [0, 0.05) is 17.2 Å². The molecule has 2 fully saturated rings. The lowest BCUT2D eigenvalue weighted by molar-refractivity contribution is -0.385. The number of carbonyl (C=O) groups is 2. The van der Waals surface area contributed by atoms with Crippen LogP contribution in [0.15, 0.2) is 48.5 Å². The van der Waals surface area contributed by atoms with Gasteiger partial charge in [0.15, 0.2) is 5.75 Å². The molecule has 2 N–H and O–H groups in total. The van der Waals surface area contributed by atoms with E-state index < -0.39 is 0 Å². The number of hydrogen-bond acceptors (Lipinski definition) is 11. The van der Waals surface area contributed by atoms with E-state index in [1.54, 1.807) is 17.4 Å². The number of para-hydroxylation sites is 2. The average molecular weight is 823 g/mol. The molecule has 4 aromatic heterocycles. The van der Waals surface area contributed by atoms with Crippen LogP contribution in [0.25, 0.3) is 42.9 Å². The van der Waals surface area contributed by atoms with E-state index in [0.717, 1.165) is 57.7 Å². The van der Waals surface area contributed by atoms with E-state index in [1.807, 2.05) is 30.3 Å². The van der Waals surface area contributed by atoms with Gasteiger partial charge in [-0.2, -0.15) is 0 Å². The largest absolute Gasteiger partial charge is 0.489 e. The molecule has 0 bridgehead atoms. The lowest BCUT2D eigenvalue weighted by Gasteiger charge is -2.23. The van der Waals surface area contributed by atoms with Crippen molar-refractivity contribution in [1.82, 2.24) is 9.13 Å². The van der Waals surface area contributed by atoms with Gasteiger partial charge in [0.1, 0.15) is 23.0 Å². The van der Waals surface area contributed by atoms with E-state index in [2.05, 4.69) is 15.2 Å². The van der Waals surface area contributed by atoms with Gasteiger partial charge in [-0.3, -0.25) is 10.1 Å². The van der Waals surface area contributed by atoms with E-state index in [4.69, 9.17) is 24.7 Å². The lowest BCUT2D eigenvalue weighted by Crippen LogP contribution is -2.08. The van der Waals surface area contributed by atoms with Gasteiger partial charge in [-0.05, 0) is 79.0 Å². The number of methoxy groups -OCH3 is 2. The maximum Gasteiger partial charge on any atom is 0.348 e. The van der Waals surface area contributed by atoms with E-state index in [1.165, 1.54) is 105 Å². The number of rotatable bonds is 5. The maximum absolute atomic E-state index is 12.2. The summed E-state index contributed by atoms with van der Waals surface area (Å²) in [6, 6.07) is 15.0. The molecule has 0 radical (unpaired) electrons. The van der Waals surface area contributed by atoms with Gasteiger partial charge in [-0.15, -0.1) is 22.7 Å². The molecule has 0 amide bonds. The SMILES string of the molecule is COC(=O)c1cc2c(s1)c(C1CCCCC1)c1n2CCOc2c(N)cccc2-1.COC(=O)c1cc2c(s1)c(C1CCCCC1)c1n2CCOc2c-1cccc2[N+](=O)[O-].